The number of hydrogen-bond donors (Lipinski definition) is 1. The van der Waals surface area contributed by atoms with Crippen molar-refractivity contribution < 1.29 is 0 Å². The van der Waals surface area contributed by atoms with Gasteiger partial charge in [0.2, 0.25) is 0 Å². The molecule has 0 radical (unpaired) electrons. The van der Waals surface area contributed by atoms with Crippen LogP contribution in [0.2, 0.25) is 0 Å². The van der Waals surface area contributed by atoms with Crippen molar-refractivity contribution in [1.82, 2.24) is 9.97 Å². The minimum absolute atomic E-state index is 0.0844. The Morgan fingerprint density at radius 3 is 2.69 bits per heavy atom. The number of aryl methyl sites for hydroxylation is 1. The van der Waals surface area contributed by atoms with Crippen LogP contribution in [0, 0.1) is 6.92 Å². The standard InChI is InChI=1S/C13H10N2O/c1-8-6-11-12(14-7-15-13(11)16)10-5-3-2-4-9(8)10/h2-7H,1H3,(H,14,15,16). The molecule has 0 aliphatic carbocycles. The second-order valence-electron chi connectivity index (χ2n) is 3.87. The van der Waals surface area contributed by atoms with Gasteiger partial charge in [0.1, 0.15) is 0 Å². The van der Waals surface area contributed by atoms with E-state index >= 15 is 0 Å². The molecule has 78 valence electrons. The van der Waals surface area contributed by atoms with Gasteiger partial charge in [0.25, 0.3) is 5.56 Å². The number of hydrogen-bond acceptors (Lipinski definition) is 2. The first-order valence-corrected chi connectivity index (χ1v) is 5.13. The van der Waals surface area contributed by atoms with Crippen LogP contribution in [-0.2, 0) is 0 Å². The fraction of sp³-hybridized carbons (Fsp3) is 0.0769. The van der Waals surface area contributed by atoms with Crippen LogP contribution >= 0.6 is 0 Å². The number of rotatable bonds is 0. The highest BCUT2D eigenvalue weighted by molar-refractivity contribution is 6.06. The summed E-state index contributed by atoms with van der Waals surface area (Å²) in [5, 5.41) is 2.83. The third-order valence-electron chi connectivity index (χ3n) is 2.86. The molecule has 0 unspecified atom stereocenters. The summed E-state index contributed by atoms with van der Waals surface area (Å²) in [4.78, 5) is 18.5. The van der Waals surface area contributed by atoms with E-state index in [0.29, 0.717) is 5.39 Å². The fourth-order valence-corrected chi connectivity index (χ4v) is 2.09. The summed E-state index contributed by atoms with van der Waals surface area (Å²) >= 11 is 0. The van der Waals surface area contributed by atoms with Gasteiger partial charge in [-0.3, -0.25) is 4.79 Å². The Kier molecular flexibility index (Phi) is 1.80. The third kappa shape index (κ3) is 1.15. The van der Waals surface area contributed by atoms with Crippen molar-refractivity contribution in [3.8, 4) is 0 Å². The van der Waals surface area contributed by atoms with Crippen molar-refractivity contribution in [2.45, 2.75) is 6.92 Å². The smallest absolute Gasteiger partial charge is 0.258 e. The molecule has 0 fully saturated rings. The van der Waals surface area contributed by atoms with Crippen molar-refractivity contribution >= 4 is 21.7 Å². The Morgan fingerprint density at radius 1 is 1.12 bits per heavy atom. The second kappa shape index (κ2) is 3.17. The normalized spacial score (nSPS) is 11.1. The van der Waals surface area contributed by atoms with Gasteiger partial charge >= 0.3 is 0 Å². The topological polar surface area (TPSA) is 45.8 Å². The highest BCUT2D eigenvalue weighted by atomic mass is 16.1. The molecule has 2 aromatic carbocycles. The summed E-state index contributed by atoms with van der Waals surface area (Å²) < 4.78 is 0. The molecular formula is C13H10N2O. The van der Waals surface area contributed by atoms with E-state index in [-0.39, 0.29) is 5.56 Å². The Hall–Kier alpha value is -2.16. The van der Waals surface area contributed by atoms with Crippen LogP contribution in [0.5, 0.6) is 0 Å². The number of fused-ring (bicyclic) bond motifs is 3. The van der Waals surface area contributed by atoms with Gasteiger partial charge in [-0.1, -0.05) is 24.3 Å². The number of benzene rings is 2. The fourth-order valence-electron chi connectivity index (χ4n) is 2.09. The zero-order chi connectivity index (χ0) is 11.1. The molecule has 3 heteroatoms. The van der Waals surface area contributed by atoms with Crippen molar-refractivity contribution in [3.05, 3.63) is 52.6 Å². The van der Waals surface area contributed by atoms with Crippen molar-refractivity contribution in [3.63, 3.8) is 0 Å². The molecule has 0 atom stereocenters. The van der Waals surface area contributed by atoms with Crippen LogP contribution in [0.15, 0.2) is 41.5 Å². The predicted octanol–water partition coefficient (Wildman–Crippen LogP) is 2.38. The molecule has 0 saturated carbocycles. The van der Waals surface area contributed by atoms with E-state index in [1.54, 1.807) is 0 Å². The first-order valence-electron chi connectivity index (χ1n) is 5.13. The molecule has 0 spiro atoms. The molecule has 0 aliphatic heterocycles. The lowest BCUT2D eigenvalue weighted by Crippen LogP contribution is -2.06. The summed E-state index contributed by atoms with van der Waals surface area (Å²) in [6.07, 6.45) is 1.45. The molecule has 0 aliphatic rings. The molecule has 3 aromatic rings. The van der Waals surface area contributed by atoms with E-state index in [0.717, 1.165) is 21.9 Å². The van der Waals surface area contributed by atoms with Crippen LogP contribution in [0.25, 0.3) is 21.7 Å². The molecule has 1 N–H and O–H groups in total. The highest BCUT2D eigenvalue weighted by Crippen LogP contribution is 2.24. The van der Waals surface area contributed by atoms with Gasteiger partial charge in [0.05, 0.1) is 17.2 Å². The first-order chi connectivity index (χ1) is 7.77. The van der Waals surface area contributed by atoms with Gasteiger partial charge in [-0.25, -0.2) is 4.98 Å². The SMILES string of the molecule is Cc1cc2c(=O)[nH]cnc2c2ccccc12. The first kappa shape index (κ1) is 9.09. The Labute approximate surface area is 91.8 Å². The van der Waals surface area contributed by atoms with Crippen LogP contribution in [-0.4, -0.2) is 9.97 Å². The predicted molar refractivity (Wildman–Crippen MR) is 64.6 cm³/mol. The minimum atomic E-state index is -0.0844. The van der Waals surface area contributed by atoms with E-state index in [2.05, 4.69) is 9.97 Å². The molecule has 0 saturated heterocycles. The summed E-state index contributed by atoms with van der Waals surface area (Å²) in [6, 6.07) is 9.89. The van der Waals surface area contributed by atoms with E-state index in [1.807, 2.05) is 37.3 Å². The summed E-state index contributed by atoms with van der Waals surface area (Å²) in [5.74, 6) is 0. The average Bonchev–Trinajstić information content (AvgIpc) is 2.31. The van der Waals surface area contributed by atoms with Crippen LogP contribution in [0.3, 0.4) is 0 Å². The van der Waals surface area contributed by atoms with Crippen LogP contribution in [0.4, 0.5) is 0 Å². The van der Waals surface area contributed by atoms with E-state index < -0.39 is 0 Å². The van der Waals surface area contributed by atoms with Gasteiger partial charge < -0.3 is 4.98 Å². The number of nitrogens with one attached hydrogen (secondary N) is 1. The van der Waals surface area contributed by atoms with Crippen molar-refractivity contribution in [2.24, 2.45) is 0 Å². The maximum absolute atomic E-state index is 11.7. The van der Waals surface area contributed by atoms with E-state index in [9.17, 15) is 4.79 Å². The number of H-pyrrole nitrogens is 1. The maximum Gasteiger partial charge on any atom is 0.258 e. The summed E-state index contributed by atoms with van der Waals surface area (Å²) in [6.45, 7) is 2.01. The summed E-state index contributed by atoms with van der Waals surface area (Å²) in [5.41, 5.74) is 1.78. The molecular weight excluding hydrogens is 200 g/mol. The van der Waals surface area contributed by atoms with Crippen molar-refractivity contribution in [1.29, 1.82) is 0 Å². The quantitative estimate of drug-likeness (QED) is 0.579. The van der Waals surface area contributed by atoms with Crippen molar-refractivity contribution in [2.75, 3.05) is 0 Å². The maximum atomic E-state index is 11.7. The molecule has 0 bridgehead atoms. The minimum Gasteiger partial charge on any atom is -0.313 e. The van der Waals surface area contributed by atoms with Crippen LogP contribution < -0.4 is 5.56 Å². The Balaban J connectivity index is 2.70. The molecule has 1 heterocycles. The Morgan fingerprint density at radius 2 is 1.88 bits per heavy atom. The largest absolute Gasteiger partial charge is 0.313 e. The molecule has 3 nitrogen and oxygen atoms in total. The van der Waals surface area contributed by atoms with Gasteiger partial charge in [0.15, 0.2) is 0 Å². The highest BCUT2D eigenvalue weighted by Gasteiger charge is 2.06. The van der Waals surface area contributed by atoms with Gasteiger partial charge in [-0.2, -0.15) is 0 Å². The molecule has 3 rings (SSSR count). The molecule has 0 amide bonds. The Bertz CT molecular complexity index is 744. The lowest BCUT2D eigenvalue weighted by Gasteiger charge is -2.05. The average molecular weight is 210 g/mol. The van der Waals surface area contributed by atoms with Crippen LogP contribution in [0.1, 0.15) is 5.56 Å². The zero-order valence-electron chi connectivity index (χ0n) is 8.82. The van der Waals surface area contributed by atoms with Gasteiger partial charge in [0, 0.05) is 5.39 Å². The number of aromatic nitrogens is 2. The molecule has 16 heavy (non-hydrogen) atoms. The zero-order valence-corrected chi connectivity index (χ0v) is 8.82. The number of nitrogens with zero attached hydrogens (tertiary/aromatic N) is 1. The lowest BCUT2D eigenvalue weighted by molar-refractivity contribution is 1.17. The number of aromatic amines is 1. The third-order valence-corrected chi connectivity index (χ3v) is 2.86. The van der Waals surface area contributed by atoms with Gasteiger partial charge in [-0.05, 0) is 23.9 Å². The summed E-state index contributed by atoms with van der Waals surface area (Å²) in [7, 11) is 0. The second-order valence-corrected chi connectivity index (χ2v) is 3.87. The van der Waals surface area contributed by atoms with E-state index in [4.69, 9.17) is 0 Å². The van der Waals surface area contributed by atoms with Gasteiger partial charge in [-0.15, -0.1) is 0 Å². The monoisotopic (exact) mass is 210 g/mol. The lowest BCUT2D eigenvalue weighted by atomic mass is 10.0. The molecule has 1 aromatic heterocycles. The van der Waals surface area contributed by atoms with E-state index in [1.165, 1.54) is 6.33 Å².